The van der Waals surface area contributed by atoms with Gasteiger partial charge in [0.05, 0.1) is 0 Å². The molecule has 26 heavy (non-hydrogen) atoms. The molecule has 0 atom stereocenters. The van der Waals surface area contributed by atoms with Gasteiger partial charge < -0.3 is 19.3 Å². The van der Waals surface area contributed by atoms with Crippen molar-refractivity contribution < 1.29 is 19.1 Å². The van der Waals surface area contributed by atoms with Gasteiger partial charge in [0.15, 0.2) is 0 Å². The summed E-state index contributed by atoms with van der Waals surface area (Å²) in [4.78, 5) is 27.3. The van der Waals surface area contributed by atoms with Crippen LogP contribution in [0.4, 0.5) is 9.59 Å². The molecule has 0 fully saturated rings. The Morgan fingerprint density at radius 2 is 1.04 bits per heavy atom. The minimum Gasteiger partial charge on any atom is -0.410 e. The quantitative estimate of drug-likeness (QED) is 0.762. The molecule has 2 aromatic carbocycles. The van der Waals surface area contributed by atoms with Crippen molar-refractivity contribution >= 4 is 23.0 Å². The summed E-state index contributed by atoms with van der Waals surface area (Å²) < 4.78 is 10.8. The zero-order valence-corrected chi connectivity index (χ0v) is 15.8. The summed E-state index contributed by atoms with van der Waals surface area (Å²) in [5.41, 5.74) is 0. The molecule has 2 amide bonds. The SMILES string of the molecule is CCN(CC)C(=O)Oc1ccc2cc(OC(=O)N(CC)CC)ccc2c1. The Labute approximate surface area is 154 Å². The van der Waals surface area contributed by atoms with Crippen molar-refractivity contribution in [3.63, 3.8) is 0 Å². The van der Waals surface area contributed by atoms with Crippen molar-refractivity contribution in [1.29, 1.82) is 0 Å². The van der Waals surface area contributed by atoms with Gasteiger partial charge in [-0.15, -0.1) is 0 Å². The highest BCUT2D eigenvalue weighted by Crippen LogP contribution is 2.25. The van der Waals surface area contributed by atoms with Gasteiger partial charge in [0.1, 0.15) is 11.5 Å². The Hall–Kier alpha value is -2.76. The third kappa shape index (κ3) is 4.65. The van der Waals surface area contributed by atoms with Gasteiger partial charge in [-0.25, -0.2) is 9.59 Å². The number of amides is 2. The predicted octanol–water partition coefficient (Wildman–Crippen LogP) is 4.52. The molecule has 0 saturated heterocycles. The van der Waals surface area contributed by atoms with E-state index in [1.165, 1.54) is 0 Å². The molecule has 2 aromatic rings. The highest BCUT2D eigenvalue weighted by Gasteiger charge is 2.14. The fraction of sp³-hybridized carbons (Fsp3) is 0.400. The lowest BCUT2D eigenvalue weighted by Gasteiger charge is -2.18. The number of benzene rings is 2. The molecule has 0 aliphatic carbocycles. The van der Waals surface area contributed by atoms with Gasteiger partial charge in [0, 0.05) is 26.2 Å². The topological polar surface area (TPSA) is 59.1 Å². The average Bonchev–Trinajstić information content (AvgIpc) is 2.64. The Kier molecular flexibility index (Phi) is 6.83. The number of carbonyl (C=O) groups excluding carboxylic acids is 2. The summed E-state index contributed by atoms with van der Waals surface area (Å²) in [6.45, 7) is 10.0. The van der Waals surface area contributed by atoms with Gasteiger partial charge in [0.2, 0.25) is 0 Å². The van der Waals surface area contributed by atoms with Crippen molar-refractivity contribution in [3.8, 4) is 11.5 Å². The molecule has 0 radical (unpaired) electrons. The van der Waals surface area contributed by atoms with E-state index in [-0.39, 0.29) is 12.2 Å². The number of ether oxygens (including phenoxy) is 2. The van der Waals surface area contributed by atoms with Crippen LogP contribution in [0.25, 0.3) is 10.8 Å². The first-order chi connectivity index (χ1) is 12.5. The number of hydrogen-bond acceptors (Lipinski definition) is 4. The van der Waals surface area contributed by atoms with Crippen LogP contribution in [0.3, 0.4) is 0 Å². The molecule has 2 rings (SSSR count). The fourth-order valence-corrected chi connectivity index (χ4v) is 2.62. The fourth-order valence-electron chi connectivity index (χ4n) is 2.62. The molecule has 0 aliphatic heterocycles. The summed E-state index contributed by atoms with van der Waals surface area (Å²) in [7, 11) is 0. The molecule has 0 aromatic heterocycles. The maximum atomic E-state index is 12.0. The number of nitrogens with zero attached hydrogens (tertiary/aromatic N) is 2. The van der Waals surface area contributed by atoms with E-state index in [1.54, 1.807) is 34.1 Å². The van der Waals surface area contributed by atoms with Crippen molar-refractivity contribution in [2.24, 2.45) is 0 Å². The normalized spacial score (nSPS) is 10.5. The maximum absolute atomic E-state index is 12.0. The number of fused-ring (bicyclic) bond motifs is 1. The Bertz CT molecular complexity index is 702. The predicted molar refractivity (Wildman–Crippen MR) is 102 cm³/mol. The molecule has 0 unspecified atom stereocenters. The van der Waals surface area contributed by atoms with E-state index in [1.807, 2.05) is 39.8 Å². The molecule has 0 aliphatic rings. The summed E-state index contributed by atoms with van der Waals surface area (Å²) in [5.74, 6) is 0.976. The first-order valence-electron chi connectivity index (χ1n) is 8.99. The van der Waals surface area contributed by atoms with Crippen LogP contribution < -0.4 is 9.47 Å². The molecule has 0 saturated carbocycles. The second kappa shape index (κ2) is 9.08. The molecule has 6 heteroatoms. The highest BCUT2D eigenvalue weighted by molar-refractivity contribution is 5.86. The minimum absolute atomic E-state index is 0.362. The van der Waals surface area contributed by atoms with Crippen molar-refractivity contribution in [2.75, 3.05) is 26.2 Å². The molecule has 0 N–H and O–H groups in total. The minimum atomic E-state index is -0.362. The Balaban J connectivity index is 2.14. The van der Waals surface area contributed by atoms with Crippen LogP contribution in [-0.2, 0) is 0 Å². The summed E-state index contributed by atoms with van der Waals surface area (Å²) in [5, 5.41) is 1.80. The molecular weight excluding hydrogens is 332 g/mol. The van der Waals surface area contributed by atoms with Crippen LogP contribution >= 0.6 is 0 Å². The van der Waals surface area contributed by atoms with Gasteiger partial charge >= 0.3 is 12.2 Å². The molecular formula is C20H26N2O4. The van der Waals surface area contributed by atoms with Crippen LogP contribution in [0.2, 0.25) is 0 Å². The first kappa shape index (κ1) is 19.6. The highest BCUT2D eigenvalue weighted by atomic mass is 16.6. The zero-order valence-electron chi connectivity index (χ0n) is 15.8. The van der Waals surface area contributed by atoms with Crippen LogP contribution in [0.15, 0.2) is 36.4 Å². The van der Waals surface area contributed by atoms with Crippen molar-refractivity contribution in [1.82, 2.24) is 9.80 Å². The maximum Gasteiger partial charge on any atom is 0.415 e. The second-order valence-electron chi connectivity index (χ2n) is 5.75. The average molecular weight is 358 g/mol. The Morgan fingerprint density at radius 1 is 0.692 bits per heavy atom. The summed E-state index contributed by atoms with van der Waals surface area (Å²) in [6.07, 6.45) is -0.724. The van der Waals surface area contributed by atoms with Gasteiger partial charge in [-0.3, -0.25) is 0 Å². The monoisotopic (exact) mass is 358 g/mol. The van der Waals surface area contributed by atoms with Gasteiger partial charge in [-0.2, -0.15) is 0 Å². The number of carbonyl (C=O) groups is 2. The van der Waals surface area contributed by atoms with Crippen molar-refractivity contribution in [2.45, 2.75) is 27.7 Å². The summed E-state index contributed by atoms with van der Waals surface area (Å²) in [6, 6.07) is 10.8. The van der Waals surface area contributed by atoms with Gasteiger partial charge in [-0.1, -0.05) is 12.1 Å². The van der Waals surface area contributed by atoms with E-state index in [9.17, 15) is 9.59 Å². The lowest BCUT2D eigenvalue weighted by molar-refractivity contribution is 0.156. The lowest BCUT2D eigenvalue weighted by Crippen LogP contribution is -2.33. The third-order valence-electron chi connectivity index (χ3n) is 4.24. The van der Waals surface area contributed by atoms with E-state index >= 15 is 0 Å². The van der Waals surface area contributed by atoms with Crippen molar-refractivity contribution in [3.05, 3.63) is 36.4 Å². The molecule has 140 valence electrons. The van der Waals surface area contributed by atoms with Crippen LogP contribution in [0.1, 0.15) is 27.7 Å². The smallest absolute Gasteiger partial charge is 0.410 e. The van der Waals surface area contributed by atoms with E-state index in [0.29, 0.717) is 37.7 Å². The van der Waals surface area contributed by atoms with Crippen LogP contribution in [-0.4, -0.2) is 48.2 Å². The van der Waals surface area contributed by atoms with E-state index in [0.717, 1.165) is 10.8 Å². The van der Waals surface area contributed by atoms with Gasteiger partial charge in [-0.05, 0) is 62.7 Å². The molecule has 0 spiro atoms. The number of hydrogen-bond donors (Lipinski definition) is 0. The van der Waals surface area contributed by atoms with E-state index in [2.05, 4.69) is 0 Å². The van der Waals surface area contributed by atoms with Crippen LogP contribution in [0, 0.1) is 0 Å². The largest absolute Gasteiger partial charge is 0.415 e. The number of rotatable bonds is 6. The molecule has 0 bridgehead atoms. The Morgan fingerprint density at radius 3 is 1.35 bits per heavy atom. The van der Waals surface area contributed by atoms with E-state index in [4.69, 9.17) is 9.47 Å². The second-order valence-corrected chi connectivity index (χ2v) is 5.75. The standard InChI is InChI=1S/C20H26N2O4/c1-5-21(6-2)19(23)25-17-11-9-16-14-18(12-10-15(16)13-17)26-20(24)22(7-3)8-4/h9-14H,5-8H2,1-4H3. The van der Waals surface area contributed by atoms with E-state index < -0.39 is 0 Å². The zero-order chi connectivity index (χ0) is 19.1. The lowest BCUT2D eigenvalue weighted by atomic mass is 10.1. The molecule has 6 nitrogen and oxygen atoms in total. The van der Waals surface area contributed by atoms with Gasteiger partial charge in [0.25, 0.3) is 0 Å². The molecule has 0 heterocycles. The third-order valence-corrected chi connectivity index (χ3v) is 4.24. The first-order valence-corrected chi connectivity index (χ1v) is 8.99. The summed E-state index contributed by atoms with van der Waals surface area (Å²) >= 11 is 0. The van der Waals surface area contributed by atoms with Crippen LogP contribution in [0.5, 0.6) is 11.5 Å².